The molecule has 2 aromatic heterocycles. The average Bonchev–Trinajstić information content (AvgIpc) is 3.40. The van der Waals surface area contributed by atoms with Crippen LogP contribution >= 0.6 is 11.3 Å². The average molecular weight is 384 g/mol. The molecule has 0 N–H and O–H groups in total. The van der Waals surface area contributed by atoms with Crippen LogP contribution in [-0.4, -0.2) is 38.1 Å². The second kappa shape index (κ2) is 6.99. The van der Waals surface area contributed by atoms with E-state index in [4.69, 9.17) is 0 Å². The van der Waals surface area contributed by atoms with Gasteiger partial charge in [-0.2, -0.15) is 0 Å². The van der Waals surface area contributed by atoms with Crippen LogP contribution in [0.4, 0.5) is 9.52 Å². The summed E-state index contributed by atoms with van der Waals surface area (Å²) in [6.07, 6.45) is 5.19. The topological polar surface area (TPSA) is 59.7 Å². The summed E-state index contributed by atoms with van der Waals surface area (Å²) in [5, 5.41) is 19.6. The predicted molar refractivity (Wildman–Crippen MR) is 102 cm³/mol. The van der Waals surface area contributed by atoms with E-state index in [1.165, 1.54) is 18.6 Å². The number of aryl methyl sites for hydroxylation is 1. The van der Waals surface area contributed by atoms with Crippen LogP contribution in [-0.2, 0) is 19.4 Å². The second-order valence-corrected chi connectivity index (χ2v) is 8.34. The highest BCUT2D eigenvalue weighted by Gasteiger charge is 2.29. The number of anilines is 1. The van der Waals surface area contributed by atoms with Crippen LogP contribution in [0.5, 0.6) is 0 Å². The van der Waals surface area contributed by atoms with E-state index in [9.17, 15) is 4.39 Å². The number of benzene rings is 1. The Bertz CT molecular complexity index is 934. The number of nitrogens with zero attached hydrogens (tertiary/aromatic N) is 6. The normalized spacial score (nSPS) is 19.4. The third kappa shape index (κ3) is 3.34. The van der Waals surface area contributed by atoms with Gasteiger partial charge in [0.15, 0.2) is 0 Å². The molecular formula is C19H21FN6S. The summed E-state index contributed by atoms with van der Waals surface area (Å²) in [4.78, 5) is 2.33. The Kier molecular flexibility index (Phi) is 4.35. The van der Waals surface area contributed by atoms with Gasteiger partial charge in [0.2, 0.25) is 5.13 Å². The van der Waals surface area contributed by atoms with Crippen molar-refractivity contribution in [3.8, 4) is 0 Å². The van der Waals surface area contributed by atoms with E-state index in [0.29, 0.717) is 12.3 Å². The van der Waals surface area contributed by atoms with Crippen molar-refractivity contribution in [1.29, 1.82) is 0 Å². The third-order valence-electron chi connectivity index (χ3n) is 5.42. The molecule has 0 spiro atoms. The van der Waals surface area contributed by atoms with Crippen molar-refractivity contribution in [3.63, 3.8) is 0 Å². The summed E-state index contributed by atoms with van der Waals surface area (Å²) < 4.78 is 15.4. The SMILES string of the molecule is Fc1ccc(Cc2nnc(N3CCCC(c4nnc5n4CCC5)C3)s2)cc1. The predicted octanol–water partition coefficient (Wildman–Crippen LogP) is 3.19. The smallest absolute Gasteiger partial charge is 0.208 e. The van der Waals surface area contributed by atoms with Gasteiger partial charge in [-0.15, -0.1) is 20.4 Å². The summed E-state index contributed by atoms with van der Waals surface area (Å²) in [7, 11) is 0. The lowest BCUT2D eigenvalue weighted by atomic mass is 9.97. The van der Waals surface area contributed by atoms with Crippen LogP contribution in [0, 0.1) is 5.82 Å². The molecule has 1 fully saturated rings. The lowest BCUT2D eigenvalue weighted by Crippen LogP contribution is -2.35. The van der Waals surface area contributed by atoms with E-state index in [0.717, 1.165) is 66.2 Å². The van der Waals surface area contributed by atoms with E-state index in [2.05, 4.69) is 29.9 Å². The molecular weight excluding hydrogens is 363 g/mol. The summed E-state index contributed by atoms with van der Waals surface area (Å²) in [6.45, 7) is 2.97. The van der Waals surface area contributed by atoms with E-state index < -0.39 is 0 Å². The second-order valence-electron chi connectivity index (χ2n) is 7.30. The molecule has 3 aromatic rings. The molecule has 1 atom stereocenters. The Hall–Kier alpha value is -2.35. The Labute approximate surface area is 161 Å². The molecule has 0 amide bonds. The van der Waals surface area contributed by atoms with E-state index in [-0.39, 0.29) is 5.82 Å². The first-order valence-electron chi connectivity index (χ1n) is 9.50. The highest BCUT2D eigenvalue weighted by molar-refractivity contribution is 7.15. The van der Waals surface area contributed by atoms with Crippen LogP contribution in [0.15, 0.2) is 24.3 Å². The van der Waals surface area contributed by atoms with Gasteiger partial charge >= 0.3 is 0 Å². The molecule has 2 aliphatic heterocycles. The van der Waals surface area contributed by atoms with E-state index >= 15 is 0 Å². The monoisotopic (exact) mass is 384 g/mol. The molecule has 4 heterocycles. The maximum absolute atomic E-state index is 13.1. The first-order valence-corrected chi connectivity index (χ1v) is 10.3. The molecule has 1 saturated heterocycles. The maximum Gasteiger partial charge on any atom is 0.208 e. The first kappa shape index (κ1) is 16.8. The minimum Gasteiger partial charge on any atom is -0.346 e. The standard InChI is InChI=1S/C19H21FN6S/c20-15-7-5-13(6-8-15)11-17-22-24-19(27-17)25-9-1-3-14(12-25)18-23-21-16-4-2-10-26(16)18/h5-8,14H,1-4,9-12H2. The highest BCUT2D eigenvalue weighted by Crippen LogP contribution is 2.32. The zero-order valence-electron chi connectivity index (χ0n) is 15.0. The Morgan fingerprint density at radius 1 is 1.04 bits per heavy atom. The maximum atomic E-state index is 13.1. The van der Waals surface area contributed by atoms with Crippen molar-refractivity contribution < 1.29 is 4.39 Å². The van der Waals surface area contributed by atoms with E-state index in [1.807, 2.05) is 0 Å². The molecule has 0 aliphatic carbocycles. The third-order valence-corrected chi connectivity index (χ3v) is 6.40. The van der Waals surface area contributed by atoms with Gasteiger partial charge in [0.25, 0.3) is 0 Å². The van der Waals surface area contributed by atoms with Gasteiger partial charge in [-0.05, 0) is 37.0 Å². The Morgan fingerprint density at radius 3 is 2.81 bits per heavy atom. The van der Waals surface area contributed by atoms with Crippen molar-refractivity contribution >= 4 is 16.5 Å². The number of halogens is 1. The van der Waals surface area contributed by atoms with Crippen LogP contribution < -0.4 is 4.90 Å². The molecule has 6 nitrogen and oxygen atoms in total. The summed E-state index contributed by atoms with van der Waals surface area (Å²) >= 11 is 1.63. The summed E-state index contributed by atoms with van der Waals surface area (Å²) in [5.41, 5.74) is 1.05. The lowest BCUT2D eigenvalue weighted by molar-refractivity contribution is 0.472. The molecule has 5 rings (SSSR count). The van der Waals surface area contributed by atoms with Gasteiger partial charge in [0.1, 0.15) is 22.5 Å². The van der Waals surface area contributed by atoms with Crippen LogP contribution in [0.1, 0.15) is 47.4 Å². The van der Waals surface area contributed by atoms with Gasteiger partial charge in [-0.1, -0.05) is 23.5 Å². The zero-order valence-corrected chi connectivity index (χ0v) is 15.8. The number of piperidine rings is 1. The van der Waals surface area contributed by atoms with Crippen molar-refractivity contribution in [1.82, 2.24) is 25.0 Å². The summed E-state index contributed by atoms with van der Waals surface area (Å²) in [6, 6.07) is 6.59. The molecule has 0 radical (unpaired) electrons. The van der Waals surface area contributed by atoms with Crippen molar-refractivity contribution in [3.05, 3.63) is 52.3 Å². The van der Waals surface area contributed by atoms with Crippen LogP contribution in [0.3, 0.4) is 0 Å². The molecule has 0 bridgehead atoms. The van der Waals surface area contributed by atoms with Crippen molar-refractivity contribution in [2.24, 2.45) is 0 Å². The van der Waals surface area contributed by atoms with E-state index in [1.54, 1.807) is 23.5 Å². The largest absolute Gasteiger partial charge is 0.346 e. The first-order chi connectivity index (χ1) is 13.3. The molecule has 140 valence electrons. The van der Waals surface area contributed by atoms with Crippen LogP contribution in [0.2, 0.25) is 0 Å². The zero-order chi connectivity index (χ0) is 18.2. The minimum atomic E-state index is -0.212. The van der Waals surface area contributed by atoms with Gasteiger partial charge in [-0.25, -0.2) is 4.39 Å². The fraction of sp³-hybridized carbons (Fsp3) is 0.474. The number of aromatic nitrogens is 5. The Morgan fingerprint density at radius 2 is 1.93 bits per heavy atom. The molecule has 8 heteroatoms. The lowest BCUT2D eigenvalue weighted by Gasteiger charge is -2.31. The molecule has 0 saturated carbocycles. The Balaban J connectivity index is 1.30. The number of rotatable bonds is 4. The molecule has 2 aliphatic rings. The van der Waals surface area contributed by atoms with Gasteiger partial charge in [0.05, 0.1) is 0 Å². The van der Waals surface area contributed by atoms with Gasteiger partial charge in [-0.3, -0.25) is 0 Å². The van der Waals surface area contributed by atoms with Gasteiger partial charge < -0.3 is 9.47 Å². The minimum absolute atomic E-state index is 0.212. The highest BCUT2D eigenvalue weighted by atomic mass is 32.1. The van der Waals surface area contributed by atoms with Crippen molar-refractivity contribution in [2.75, 3.05) is 18.0 Å². The molecule has 27 heavy (non-hydrogen) atoms. The fourth-order valence-electron chi connectivity index (χ4n) is 4.06. The number of hydrogen-bond acceptors (Lipinski definition) is 6. The summed E-state index contributed by atoms with van der Waals surface area (Å²) in [5.74, 6) is 2.47. The quantitative estimate of drug-likeness (QED) is 0.691. The molecule has 1 unspecified atom stereocenters. The number of hydrogen-bond donors (Lipinski definition) is 0. The van der Waals surface area contributed by atoms with Gasteiger partial charge in [0, 0.05) is 38.4 Å². The number of fused-ring (bicyclic) bond motifs is 1. The van der Waals surface area contributed by atoms with Crippen molar-refractivity contribution in [2.45, 2.75) is 44.6 Å². The molecule has 1 aromatic carbocycles. The van der Waals surface area contributed by atoms with Crippen LogP contribution in [0.25, 0.3) is 0 Å². The fourth-order valence-corrected chi connectivity index (χ4v) is 4.97.